The first-order valence-electron chi connectivity index (χ1n) is 4.70. The number of aryl methyl sites for hydroxylation is 1. The molecule has 1 saturated carbocycles. The van der Waals surface area contributed by atoms with Crippen LogP contribution in [-0.2, 0) is 0 Å². The van der Waals surface area contributed by atoms with Crippen molar-refractivity contribution in [3.05, 3.63) is 23.7 Å². The summed E-state index contributed by atoms with van der Waals surface area (Å²) in [5, 5.41) is 0. The highest BCUT2D eigenvalue weighted by molar-refractivity contribution is 5.16. The van der Waals surface area contributed by atoms with E-state index in [0.717, 1.165) is 24.4 Å². The fourth-order valence-electron chi connectivity index (χ4n) is 1.73. The molecule has 1 aliphatic rings. The highest BCUT2D eigenvalue weighted by Gasteiger charge is 2.48. The maximum absolute atomic E-state index is 6.09. The van der Waals surface area contributed by atoms with Crippen molar-refractivity contribution >= 4 is 0 Å². The van der Waals surface area contributed by atoms with Crippen molar-refractivity contribution < 1.29 is 4.42 Å². The van der Waals surface area contributed by atoms with Gasteiger partial charge in [-0.05, 0) is 38.4 Å². The number of rotatable bonds is 3. The fraction of sp³-hybridized carbons (Fsp3) is 0.600. The first kappa shape index (κ1) is 8.78. The topological polar surface area (TPSA) is 65.2 Å². The number of nitrogens with two attached hydrogens (primary N) is 2. The van der Waals surface area contributed by atoms with Crippen LogP contribution >= 0.6 is 0 Å². The number of hydrogen-bond donors (Lipinski definition) is 2. The Kier molecular flexibility index (Phi) is 1.93. The number of hydrogen-bond acceptors (Lipinski definition) is 3. The standard InChI is InChI=1S/C10H16N2O/c1-7-2-3-8(13-7)9(12)10(6-11)4-5-10/h2-3,9H,4-6,11-12H2,1H3. The van der Waals surface area contributed by atoms with E-state index in [-0.39, 0.29) is 11.5 Å². The van der Waals surface area contributed by atoms with Crippen molar-refractivity contribution in [2.75, 3.05) is 6.54 Å². The first-order valence-corrected chi connectivity index (χ1v) is 4.70. The van der Waals surface area contributed by atoms with Crippen molar-refractivity contribution in [2.24, 2.45) is 16.9 Å². The van der Waals surface area contributed by atoms with E-state index < -0.39 is 0 Å². The predicted octanol–water partition coefficient (Wildman–Crippen LogP) is 1.33. The summed E-state index contributed by atoms with van der Waals surface area (Å²) in [6, 6.07) is 3.88. The lowest BCUT2D eigenvalue weighted by atomic mass is 9.95. The molecule has 4 N–H and O–H groups in total. The lowest BCUT2D eigenvalue weighted by molar-refractivity contribution is 0.345. The van der Waals surface area contributed by atoms with Crippen molar-refractivity contribution in [1.29, 1.82) is 0 Å². The Morgan fingerprint density at radius 3 is 2.62 bits per heavy atom. The van der Waals surface area contributed by atoms with Crippen LogP contribution in [0.3, 0.4) is 0 Å². The molecule has 72 valence electrons. The van der Waals surface area contributed by atoms with Crippen LogP contribution in [0.15, 0.2) is 16.5 Å². The van der Waals surface area contributed by atoms with Gasteiger partial charge in [-0.2, -0.15) is 0 Å². The normalized spacial score (nSPS) is 21.5. The molecule has 1 atom stereocenters. The molecule has 0 saturated heterocycles. The van der Waals surface area contributed by atoms with Crippen molar-refractivity contribution in [1.82, 2.24) is 0 Å². The van der Waals surface area contributed by atoms with Crippen LogP contribution in [0.2, 0.25) is 0 Å². The molecular weight excluding hydrogens is 164 g/mol. The molecular formula is C10H16N2O. The van der Waals surface area contributed by atoms with Gasteiger partial charge in [0.25, 0.3) is 0 Å². The van der Waals surface area contributed by atoms with E-state index in [1.807, 2.05) is 19.1 Å². The summed E-state index contributed by atoms with van der Waals surface area (Å²) in [4.78, 5) is 0. The Hall–Kier alpha value is -0.800. The van der Waals surface area contributed by atoms with Gasteiger partial charge in [0, 0.05) is 5.41 Å². The molecule has 0 bridgehead atoms. The van der Waals surface area contributed by atoms with E-state index in [2.05, 4.69) is 0 Å². The average Bonchev–Trinajstić information content (AvgIpc) is 2.82. The summed E-state index contributed by atoms with van der Waals surface area (Å²) in [5.74, 6) is 1.79. The summed E-state index contributed by atoms with van der Waals surface area (Å²) >= 11 is 0. The third-order valence-corrected chi connectivity index (χ3v) is 3.03. The van der Waals surface area contributed by atoms with Gasteiger partial charge in [-0.15, -0.1) is 0 Å². The van der Waals surface area contributed by atoms with Crippen molar-refractivity contribution in [3.8, 4) is 0 Å². The molecule has 1 unspecified atom stereocenters. The second-order valence-electron chi connectivity index (χ2n) is 3.99. The van der Waals surface area contributed by atoms with Crippen LogP contribution in [0.5, 0.6) is 0 Å². The van der Waals surface area contributed by atoms with Gasteiger partial charge in [-0.3, -0.25) is 0 Å². The quantitative estimate of drug-likeness (QED) is 0.737. The van der Waals surface area contributed by atoms with Crippen LogP contribution in [0.1, 0.15) is 30.4 Å². The van der Waals surface area contributed by atoms with Gasteiger partial charge in [0.2, 0.25) is 0 Å². The van der Waals surface area contributed by atoms with Crippen molar-refractivity contribution in [2.45, 2.75) is 25.8 Å². The zero-order valence-electron chi connectivity index (χ0n) is 7.92. The smallest absolute Gasteiger partial charge is 0.121 e. The van der Waals surface area contributed by atoms with Gasteiger partial charge in [0.05, 0.1) is 6.04 Å². The van der Waals surface area contributed by atoms with Crippen LogP contribution in [0.4, 0.5) is 0 Å². The molecule has 0 spiro atoms. The Bertz CT molecular complexity index is 302. The molecule has 0 aromatic carbocycles. The predicted molar refractivity (Wildman–Crippen MR) is 51.1 cm³/mol. The summed E-state index contributed by atoms with van der Waals surface area (Å²) in [6.07, 6.45) is 2.26. The lowest BCUT2D eigenvalue weighted by Gasteiger charge is -2.19. The summed E-state index contributed by atoms with van der Waals surface area (Å²) in [6.45, 7) is 2.59. The second-order valence-corrected chi connectivity index (χ2v) is 3.99. The largest absolute Gasteiger partial charge is 0.465 e. The monoisotopic (exact) mass is 180 g/mol. The Balaban J connectivity index is 2.17. The Labute approximate surface area is 78.1 Å². The van der Waals surface area contributed by atoms with Gasteiger partial charge in [0.1, 0.15) is 11.5 Å². The third-order valence-electron chi connectivity index (χ3n) is 3.03. The number of furan rings is 1. The zero-order chi connectivity index (χ0) is 9.47. The molecule has 1 fully saturated rings. The minimum atomic E-state index is -0.0220. The lowest BCUT2D eigenvalue weighted by Crippen LogP contribution is -2.29. The molecule has 1 heterocycles. The average molecular weight is 180 g/mol. The third kappa shape index (κ3) is 1.38. The van der Waals surface area contributed by atoms with Crippen molar-refractivity contribution in [3.63, 3.8) is 0 Å². The minimum absolute atomic E-state index is 0.0220. The van der Waals surface area contributed by atoms with Crippen LogP contribution in [-0.4, -0.2) is 6.54 Å². The van der Waals surface area contributed by atoms with E-state index in [0.29, 0.717) is 6.54 Å². The highest BCUT2D eigenvalue weighted by Crippen LogP contribution is 2.52. The molecule has 1 aromatic heterocycles. The van der Waals surface area contributed by atoms with Gasteiger partial charge >= 0.3 is 0 Å². The Morgan fingerprint density at radius 2 is 2.23 bits per heavy atom. The van der Waals surface area contributed by atoms with E-state index in [4.69, 9.17) is 15.9 Å². The molecule has 13 heavy (non-hydrogen) atoms. The van der Waals surface area contributed by atoms with E-state index in [9.17, 15) is 0 Å². The fourth-order valence-corrected chi connectivity index (χ4v) is 1.73. The molecule has 0 aliphatic heterocycles. The van der Waals surface area contributed by atoms with Crippen LogP contribution in [0, 0.1) is 12.3 Å². The summed E-state index contributed by atoms with van der Waals surface area (Å²) in [5.41, 5.74) is 11.9. The maximum atomic E-state index is 6.09. The van der Waals surface area contributed by atoms with Gasteiger partial charge in [-0.1, -0.05) is 0 Å². The van der Waals surface area contributed by atoms with Gasteiger partial charge in [-0.25, -0.2) is 0 Å². The first-order chi connectivity index (χ1) is 6.18. The van der Waals surface area contributed by atoms with E-state index >= 15 is 0 Å². The van der Waals surface area contributed by atoms with Gasteiger partial charge < -0.3 is 15.9 Å². The molecule has 0 radical (unpaired) electrons. The molecule has 1 aliphatic carbocycles. The SMILES string of the molecule is Cc1ccc(C(N)C2(CN)CC2)o1. The summed E-state index contributed by atoms with van der Waals surface area (Å²) < 4.78 is 5.49. The van der Waals surface area contributed by atoms with Crippen LogP contribution in [0.25, 0.3) is 0 Å². The Morgan fingerprint density at radius 1 is 1.54 bits per heavy atom. The van der Waals surface area contributed by atoms with E-state index in [1.165, 1.54) is 0 Å². The molecule has 1 aromatic rings. The van der Waals surface area contributed by atoms with E-state index in [1.54, 1.807) is 0 Å². The highest BCUT2D eigenvalue weighted by atomic mass is 16.3. The molecule has 3 heteroatoms. The second kappa shape index (κ2) is 2.86. The van der Waals surface area contributed by atoms with Crippen LogP contribution < -0.4 is 11.5 Å². The molecule has 3 nitrogen and oxygen atoms in total. The zero-order valence-corrected chi connectivity index (χ0v) is 7.92. The minimum Gasteiger partial charge on any atom is -0.465 e. The molecule has 0 amide bonds. The molecule has 2 rings (SSSR count). The summed E-state index contributed by atoms with van der Waals surface area (Å²) in [7, 11) is 0. The maximum Gasteiger partial charge on any atom is 0.121 e. The van der Waals surface area contributed by atoms with Gasteiger partial charge in [0.15, 0.2) is 0 Å².